The number of non-ortho nitro benzene ring substituents is 1. The monoisotopic (exact) mass is 377 g/mol. The van der Waals surface area contributed by atoms with E-state index in [1.165, 1.54) is 24.3 Å². The van der Waals surface area contributed by atoms with Crippen LogP contribution in [0.2, 0.25) is 0 Å². The molecule has 9 heteroatoms. The van der Waals surface area contributed by atoms with Crippen LogP contribution in [0.5, 0.6) is 0 Å². The molecule has 0 radical (unpaired) electrons. The summed E-state index contributed by atoms with van der Waals surface area (Å²) in [7, 11) is 0. The predicted molar refractivity (Wildman–Crippen MR) is 94.7 cm³/mol. The van der Waals surface area contributed by atoms with E-state index < -0.39 is 16.7 Å². The third kappa shape index (κ3) is 3.73. The molecule has 0 bridgehead atoms. The van der Waals surface area contributed by atoms with Crippen LogP contribution < -0.4 is 5.32 Å². The molecule has 1 aromatic carbocycles. The largest absolute Gasteiger partial charge is 0.445 e. The van der Waals surface area contributed by atoms with Crippen LogP contribution in [0.4, 0.5) is 10.5 Å². The average Bonchev–Trinajstić information content (AvgIpc) is 2.58. The minimum Gasteiger partial charge on any atom is -0.445 e. The number of ether oxygens (including phenoxy) is 2. The van der Waals surface area contributed by atoms with Crippen molar-refractivity contribution in [3.05, 3.63) is 39.9 Å². The molecule has 27 heavy (non-hydrogen) atoms. The number of nitro groups is 1. The molecule has 0 aliphatic carbocycles. The van der Waals surface area contributed by atoms with Crippen molar-refractivity contribution in [3.8, 4) is 0 Å². The second-order valence-electron chi connectivity index (χ2n) is 7.32. The number of rotatable bonds is 5. The summed E-state index contributed by atoms with van der Waals surface area (Å²) in [6.07, 6.45) is 0.113. The highest BCUT2D eigenvalue weighted by Gasteiger charge is 2.57. The zero-order chi connectivity index (χ0) is 19.8. The van der Waals surface area contributed by atoms with E-state index >= 15 is 0 Å². The van der Waals surface area contributed by atoms with Crippen molar-refractivity contribution < 1.29 is 24.0 Å². The smallest absolute Gasteiger partial charge is 0.407 e. The SMILES string of the molecule is CC(NC(=O)OCc1ccc([N+](=O)[O-])cc1)[C@@H]1C(=O)N2C1CCOC2(C)C. The van der Waals surface area contributed by atoms with Gasteiger partial charge in [-0.15, -0.1) is 0 Å². The molecule has 2 fully saturated rings. The topological polar surface area (TPSA) is 111 Å². The van der Waals surface area contributed by atoms with Gasteiger partial charge in [0.15, 0.2) is 0 Å². The Morgan fingerprint density at radius 3 is 2.74 bits per heavy atom. The summed E-state index contributed by atoms with van der Waals surface area (Å²) in [5.41, 5.74) is -0.00291. The molecular weight excluding hydrogens is 354 g/mol. The highest BCUT2D eigenvalue weighted by atomic mass is 16.6. The lowest BCUT2D eigenvalue weighted by Gasteiger charge is -2.58. The fourth-order valence-electron chi connectivity index (χ4n) is 3.77. The normalized spacial score (nSPS) is 24.4. The molecule has 2 aliphatic heterocycles. The number of β-lactam (4-membered cyclic amide) rings is 1. The van der Waals surface area contributed by atoms with Gasteiger partial charge in [-0.05, 0) is 44.9 Å². The number of carbonyl (C=O) groups excluding carboxylic acids is 2. The van der Waals surface area contributed by atoms with Gasteiger partial charge >= 0.3 is 6.09 Å². The fraction of sp³-hybridized carbons (Fsp3) is 0.556. The van der Waals surface area contributed by atoms with Gasteiger partial charge in [-0.25, -0.2) is 4.79 Å². The van der Waals surface area contributed by atoms with Crippen molar-refractivity contribution in [1.82, 2.24) is 10.2 Å². The minimum atomic E-state index is -0.626. The summed E-state index contributed by atoms with van der Waals surface area (Å²) in [5.74, 6) is -0.326. The molecule has 2 unspecified atom stereocenters. The van der Waals surface area contributed by atoms with Crippen LogP contribution in [0.3, 0.4) is 0 Å². The number of benzene rings is 1. The van der Waals surface area contributed by atoms with Gasteiger partial charge < -0.3 is 19.7 Å². The van der Waals surface area contributed by atoms with E-state index in [9.17, 15) is 19.7 Å². The Balaban J connectivity index is 1.51. The molecule has 0 saturated carbocycles. The van der Waals surface area contributed by atoms with Gasteiger partial charge in [-0.2, -0.15) is 0 Å². The Hall–Kier alpha value is -2.68. The van der Waals surface area contributed by atoms with Crippen molar-refractivity contribution in [2.75, 3.05) is 6.61 Å². The van der Waals surface area contributed by atoms with Gasteiger partial charge in [0.25, 0.3) is 5.69 Å². The lowest BCUT2D eigenvalue weighted by molar-refractivity contribution is -0.384. The Bertz CT molecular complexity index is 748. The molecule has 1 aromatic rings. The Morgan fingerprint density at radius 2 is 2.11 bits per heavy atom. The first kappa shape index (κ1) is 19.1. The lowest BCUT2D eigenvalue weighted by Crippen LogP contribution is -2.74. The number of hydrogen-bond acceptors (Lipinski definition) is 6. The fourth-order valence-corrected chi connectivity index (χ4v) is 3.77. The van der Waals surface area contributed by atoms with Crippen LogP contribution in [-0.4, -0.2) is 46.2 Å². The lowest BCUT2D eigenvalue weighted by atomic mass is 9.77. The Morgan fingerprint density at radius 1 is 1.44 bits per heavy atom. The third-order valence-corrected chi connectivity index (χ3v) is 5.12. The number of nitro benzene ring substituents is 1. The number of amides is 2. The van der Waals surface area contributed by atoms with Gasteiger partial charge in [0.1, 0.15) is 12.3 Å². The molecule has 3 rings (SSSR count). The quantitative estimate of drug-likeness (QED) is 0.478. The molecule has 0 spiro atoms. The number of hydrogen-bond donors (Lipinski definition) is 1. The average molecular weight is 377 g/mol. The second-order valence-corrected chi connectivity index (χ2v) is 7.32. The van der Waals surface area contributed by atoms with Crippen LogP contribution in [0.1, 0.15) is 32.8 Å². The highest BCUT2D eigenvalue weighted by molar-refractivity contribution is 5.88. The number of nitrogens with zero attached hydrogens (tertiary/aromatic N) is 2. The first-order chi connectivity index (χ1) is 12.7. The first-order valence-electron chi connectivity index (χ1n) is 8.84. The van der Waals surface area contributed by atoms with E-state index in [4.69, 9.17) is 9.47 Å². The third-order valence-electron chi connectivity index (χ3n) is 5.12. The summed E-state index contributed by atoms with van der Waals surface area (Å²) in [6.45, 7) is 6.09. The molecule has 1 N–H and O–H groups in total. The number of fused-ring (bicyclic) bond motifs is 1. The van der Waals surface area contributed by atoms with Crippen LogP contribution in [-0.2, 0) is 20.9 Å². The molecule has 0 aromatic heterocycles. The van der Waals surface area contributed by atoms with E-state index in [-0.39, 0.29) is 36.2 Å². The molecule has 2 amide bonds. The predicted octanol–water partition coefficient (Wildman–Crippen LogP) is 2.19. The molecule has 146 valence electrons. The van der Waals surface area contributed by atoms with E-state index in [1.807, 2.05) is 13.8 Å². The van der Waals surface area contributed by atoms with Crippen LogP contribution >= 0.6 is 0 Å². The molecule has 2 aliphatic rings. The number of carbonyl (C=O) groups is 2. The molecule has 2 saturated heterocycles. The summed E-state index contributed by atoms with van der Waals surface area (Å²) in [5, 5.41) is 13.4. The van der Waals surface area contributed by atoms with E-state index in [1.54, 1.807) is 11.8 Å². The van der Waals surface area contributed by atoms with Crippen LogP contribution in [0, 0.1) is 16.0 Å². The molecule has 9 nitrogen and oxygen atoms in total. The van der Waals surface area contributed by atoms with Gasteiger partial charge in [0.2, 0.25) is 5.91 Å². The summed E-state index contributed by atoms with van der Waals surface area (Å²) in [4.78, 5) is 36.4. The number of alkyl carbamates (subject to hydrolysis) is 1. The summed E-state index contributed by atoms with van der Waals surface area (Å²) in [6, 6.07) is 5.46. The van der Waals surface area contributed by atoms with Gasteiger partial charge in [-0.1, -0.05) is 0 Å². The maximum absolute atomic E-state index is 12.5. The number of nitrogens with one attached hydrogen (secondary N) is 1. The Kier molecular flexibility index (Phi) is 5.05. The maximum atomic E-state index is 12.5. The first-order valence-corrected chi connectivity index (χ1v) is 8.84. The van der Waals surface area contributed by atoms with Gasteiger partial charge in [0.05, 0.1) is 23.5 Å². The van der Waals surface area contributed by atoms with E-state index in [0.717, 1.165) is 6.42 Å². The van der Waals surface area contributed by atoms with Crippen molar-refractivity contribution in [1.29, 1.82) is 0 Å². The molecular formula is C18H23N3O6. The second kappa shape index (κ2) is 7.15. The minimum absolute atomic E-state index is 0.00835. The maximum Gasteiger partial charge on any atom is 0.407 e. The zero-order valence-electron chi connectivity index (χ0n) is 15.5. The highest BCUT2D eigenvalue weighted by Crippen LogP contribution is 2.41. The van der Waals surface area contributed by atoms with Crippen LogP contribution in [0.25, 0.3) is 0 Å². The van der Waals surface area contributed by atoms with Crippen molar-refractivity contribution in [3.63, 3.8) is 0 Å². The zero-order valence-corrected chi connectivity index (χ0v) is 15.5. The summed E-state index contributed by atoms with van der Waals surface area (Å²) >= 11 is 0. The molecule has 3 atom stereocenters. The van der Waals surface area contributed by atoms with Gasteiger partial charge in [-0.3, -0.25) is 14.9 Å². The van der Waals surface area contributed by atoms with Crippen LogP contribution in [0.15, 0.2) is 24.3 Å². The van der Waals surface area contributed by atoms with Crippen molar-refractivity contribution >= 4 is 17.7 Å². The van der Waals surface area contributed by atoms with E-state index in [2.05, 4.69) is 5.32 Å². The standard InChI is InChI=1S/C18H23N3O6/c1-11(15-14-8-9-27-18(2,3)20(14)16(15)22)19-17(23)26-10-12-4-6-13(7-5-12)21(24)25/h4-7,11,14-15H,8-10H2,1-3H3,(H,19,23)/t11?,14?,15-/m0/s1. The Labute approximate surface area is 156 Å². The summed E-state index contributed by atoms with van der Waals surface area (Å²) < 4.78 is 10.8. The van der Waals surface area contributed by atoms with E-state index in [0.29, 0.717) is 12.2 Å². The van der Waals surface area contributed by atoms with Crippen molar-refractivity contribution in [2.24, 2.45) is 5.92 Å². The van der Waals surface area contributed by atoms with Gasteiger partial charge in [0, 0.05) is 18.2 Å². The van der Waals surface area contributed by atoms with Crippen molar-refractivity contribution in [2.45, 2.75) is 51.6 Å². The molecule has 2 heterocycles.